The number of anilines is 2. The average Bonchev–Trinajstić information content (AvgIpc) is 2.47. The lowest BCUT2D eigenvalue weighted by atomic mass is 10.0. The molecule has 1 aliphatic rings. The predicted molar refractivity (Wildman–Crippen MR) is 81.7 cm³/mol. The van der Waals surface area contributed by atoms with Crippen LogP contribution in [0.5, 0.6) is 0 Å². The number of amides is 1. The number of nitrogens with two attached hydrogens (primary N) is 1. The molecular weight excluding hydrogens is 252 g/mol. The third kappa shape index (κ3) is 3.97. The molecule has 1 saturated heterocycles. The summed E-state index contributed by atoms with van der Waals surface area (Å²) in [7, 11) is 0. The molecule has 1 amide bonds. The standard InChI is InChI=1S/C16H24N2O2/c1-2-18(14-7-5-6-13(17)12-14)16(19)10-9-15-8-3-4-11-20-15/h5-7,12,15H,2-4,8-11,17H2,1H3. The molecule has 1 fully saturated rings. The fraction of sp³-hybridized carbons (Fsp3) is 0.562. The minimum absolute atomic E-state index is 0.146. The molecule has 4 nitrogen and oxygen atoms in total. The van der Waals surface area contributed by atoms with E-state index in [4.69, 9.17) is 10.5 Å². The maximum Gasteiger partial charge on any atom is 0.227 e. The van der Waals surface area contributed by atoms with Crippen LogP contribution in [0.15, 0.2) is 24.3 Å². The van der Waals surface area contributed by atoms with E-state index in [2.05, 4.69) is 0 Å². The van der Waals surface area contributed by atoms with E-state index < -0.39 is 0 Å². The Labute approximate surface area is 120 Å². The first kappa shape index (κ1) is 14.9. The molecular formula is C16H24N2O2. The van der Waals surface area contributed by atoms with Crippen molar-refractivity contribution in [2.24, 2.45) is 0 Å². The summed E-state index contributed by atoms with van der Waals surface area (Å²) in [5, 5.41) is 0. The Morgan fingerprint density at radius 3 is 2.95 bits per heavy atom. The van der Waals surface area contributed by atoms with E-state index in [9.17, 15) is 4.79 Å². The topological polar surface area (TPSA) is 55.6 Å². The third-order valence-corrected chi connectivity index (χ3v) is 3.75. The maximum atomic E-state index is 12.4. The normalized spacial score (nSPS) is 18.8. The Kier molecular flexibility index (Phi) is 5.41. The Morgan fingerprint density at radius 2 is 2.30 bits per heavy atom. The maximum absolute atomic E-state index is 12.4. The molecule has 2 rings (SSSR count). The van der Waals surface area contributed by atoms with Gasteiger partial charge in [0.15, 0.2) is 0 Å². The van der Waals surface area contributed by atoms with Crippen molar-refractivity contribution in [3.05, 3.63) is 24.3 Å². The van der Waals surface area contributed by atoms with Crippen molar-refractivity contribution in [2.45, 2.75) is 45.1 Å². The smallest absolute Gasteiger partial charge is 0.227 e. The molecule has 2 N–H and O–H groups in total. The summed E-state index contributed by atoms with van der Waals surface area (Å²) in [5.41, 5.74) is 7.35. The lowest BCUT2D eigenvalue weighted by Crippen LogP contribution is -2.31. The molecule has 110 valence electrons. The molecule has 0 aliphatic carbocycles. The molecule has 1 atom stereocenters. The lowest BCUT2D eigenvalue weighted by molar-refractivity contribution is -0.119. The van der Waals surface area contributed by atoms with Crippen LogP contribution in [0.1, 0.15) is 39.0 Å². The first-order valence-electron chi connectivity index (χ1n) is 7.48. The molecule has 0 spiro atoms. The van der Waals surface area contributed by atoms with Gasteiger partial charge >= 0.3 is 0 Å². The first-order chi connectivity index (χ1) is 9.70. The fourth-order valence-electron chi connectivity index (χ4n) is 2.65. The number of nitrogen functional groups attached to an aromatic ring is 1. The second kappa shape index (κ2) is 7.29. The van der Waals surface area contributed by atoms with E-state index in [1.807, 2.05) is 31.2 Å². The lowest BCUT2D eigenvalue weighted by Gasteiger charge is -2.25. The summed E-state index contributed by atoms with van der Waals surface area (Å²) in [6.07, 6.45) is 5.05. The number of rotatable bonds is 5. The van der Waals surface area contributed by atoms with Crippen LogP contribution >= 0.6 is 0 Å². The summed E-state index contributed by atoms with van der Waals surface area (Å²) in [5.74, 6) is 0.146. The van der Waals surface area contributed by atoms with E-state index in [0.29, 0.717) is 18.7 Å². The molecule has 1 aromatic rings. The van der Waals surface area contributed by atoms with Gasteiger partial charge in [-0.05, 0) is 50.8 Å². The zero-order valence-electron chi connectivity index (χ0n) is 12.2. The van der Waals surface area contributed by atoms with Crippen LogP contribution in [0.4, 0.5) is 11.4 Å². The molecule has 1 aliphatic heterocycles. The van der Waals surface area contributed by atoms with Gasteiger partial charge in [-0.1, -0.05) is 6.07 Å². The molecule has 0 saturated carbocycles. The van der Waals surface area contributed by atoms with E-state index >= 15 is 0 Å². The van der Waals surface area contributed by atoms with Gasteiger partial charge in [0.05, 0.1) is 6.10 Å². The zero-order chi connectivity index (χ0) is 14.4. The Balaban J connectivity index is 1.91. The van der Waals surface area contributed by atoms with Crippen LogP contribution in [0.25, 0.3) is 0 Å². The van der Waals surface area contributed by atoms with Gasteiger partial charge in [0.1, 0.15) is 0 Å². The largest absolute Gasteiger partial charge is 0.399 e. The van der Waals surface area contributed by atoms with Crippen molar-refractivity contribution in [1.29, 1.82) is 0 Å². The van der Waals surface area contributed by atoms with E-state index in [0.717, 1.165) is 31.6 Å². The minimum atomic E-state index is 0.146. The summed E-state index contributed by atoms with van der Waals surface area (Å²) < 4.78 is 5.68. The quantitative estimate of drug-likeness (QED) is 0.841. The molecule has 1 heterocycles. The third-order valence-electron chi connectivity index (χ3n) is 3.75. The van der Waals surface area contributed by atoms with Gasteiger partial charge in [-0.2, -0.15) is 0 Å². The number of hydrogen-bond acceptors (Lipinski definition) is 3. The highest BCUT2D eigenvalue weighted by atomic mass is 16.5. The Morgan fingerprint density at radius 1 is 1.45 bits per heavy atom. The van der Waals surface area contributed by atoms with Crippen LogP contribution in [0.3, 0.4) is 0 Å². The second-order valence-electron chi connectivity index (χ2n) is 5.26. The molecule has 4 heteroatoms. The highest BCUT2D eigenvalue weighted by Gasteiger charge is 2.18. The predicted octanol–water partition coefficient (Wildman–Crippen LogP) is 2.97. The average molecular weight is 276 g/mol. The summed E-state index contributed by atoms with van der Waals surface area (Å²) >= 11 is 0. The highest BCUT2D eigenvalue weighted by Crippen LogP contribution is 2.21. The van der Waals surface area contributed by atoms with E-state index in [-0.39, 0.29) is 12.0 Å². The van der Waals surface area contributed by atoms with Gasteiger partial charge in [-0.25, -0.2) is 0 Å². The van der Waals surface area contributed by atoms with E-state index in [1.165, 1.54) is 6.42 Å². The Hall–Kier alpha value is -1.55. The summed E-state index contributed by atoms with van der Waals surface area (Å²) in [6, 6.07) is 7.48. The molecule has 0 aromatic heterocycles. The highest BCUT2D eigenvalue weighted by molar-refractivity contribution is 5.93. The summed E-state index contributed by atoms with van der Waals surface area (Å²) in [6.45, 7) is 3.48. The van der Waals surface area contributed by atoms with Gasteiger partial charge in [-0.3, -0.25) is 4.79 Å². The van der Waals surface area contributed by atoms with Gasteiger partial charge < -0.3 is 15.4 Å². The molecule has 0 radical (unpaired) electrons. The zero-order valence-corrected chi connectivity index (χ0v) is 12.2. The van der Waals surface area contributed by atoms with Gasteiger partial charge in [0.25, 0.3) is 0 Å². The van der Waals surface area contributed by atoms with Crippen molar-refractivity contribution in [3.8, 4) is 0 Å². The van der Waals surface area contributed by atoms with Crippen molar-refractivity contribution in [2.75, 3.05) is 23.8 Å². The first-order valence-corrected chi connectivity index (χ1v) is 7.48. The van der Waals surface area contributed by atoms with Gasteiger partial charge in [0, 0.05) is 30.9 Å². The number of ether oxygens (including phenoxy) is 1. The Bertz CT molecular complexity index is 442. The van der Waals surface area contributed by atoms with Crippen molar-refractivity contribution in [1.82, 2.24) is 0 Å². The van der Waals surface area contributed by atoms with Gasteiger partial charge in [0.2, 0.25) is 5.91 Å². The fourth-order valence-corrected chi connectivity index (χ4v) is 2.65. The molecule has 1 unspecified atom stereocenters. The van der Waals surface area contributed by atoms with Crippen LogP contribution < -0.4 is 10.6 Å². The van der Waals surface area contributed by atoms with Gasteiger partial charge in [-0.15, -0.1) is 0 Å². The van der Waals surface area contributed by atoms with Crippen LogP contribution in [0.2, 0.25) is 0 Å². The van der Waals surface area contributed by atoms with E-state index in [1.54, 1.807) is 4.90 Å². The number of carbonyl (C=O) groups is 1. The number of nitrogens with zero attached hydrogens (tertiary/aromatic N) is 1. The van der Waals surface area contributed by atoms with Crippen molar-refractivity contribution >= 4 is 17.3 Å². The van der Waals surface area contributed by atoms with Crippen molar-refractivity contribution < 1.29 is 9.53 Å². The van der Waals surface area contributed by atoms with Crippen LogP contribution in [-0.4, -0.2) is 25.2 Å². The second-order valence-corrected chi connectivity index (χ2v) is 5.26. The molecule has 0 bridgehead atoms. The number of benzene rings is 1. The molecule has 1 aromatic carbocycles. The van der Waals surface area contributed by atoms with Crippen LogP contribution in [0, 0.1) is 0 Å². The number of hydrogen-bond donors (Lipinski definition) is 1. The SMILES string of the molecule is CCN(C(=O)CCC1CCCCO1)c1cccc(N)c1. The van der Waals surface area contributed by atoms with Crippen molar-refractivity contribution in [3.63, 3.8) is 0 Å². The monoisotopic (exact) mass is 276 g/mol. The van der Waals surface area contributed by atoms with Crippen LogP contribution in [-0.2, 0) is 9.53 Å². The number of carbonyl (C=O) groups excluding carboxylic acids is 1. The summed E-state index contributed by atoms with van der Waals surface area (Å²) in [4.78, 5) is 14.1. The molecule has 20 heavy (non-hydrogen) atoms. The minimum Gasteiger partial charge on any atom is -0.399 e.